The number of aliphatic imine (C=N–C) groups is 1. The molecule has 3 rings (SSSR count). The van der Waals surface area contributed by atoms with Gasteiger partial charge in [0, 0.05) is 25.8 Å². The first-order valence-electron chi connectivity index (χ1n) is 9.17. The molecule has 140 valence electrons. The number of nitrogens with one attached hydrogen (secondary N) is 1. The Labute approximate surface area is 160 Å². The Morgan fingerprint density at radius 3 is 2.59 bits per heavy atom. The van der Waals surface area contributed by atoms with E-state index >= 15 is 0 Å². The van der Waals surface area contributed by atoms with E-state index in [0.29, 0.717) is 6.54 Å². The monoisotopic (exact) mass is 362 g/mol. The Hall–Kier alpha value is -3.15. The van der Waals surface area contributed by atoms with Crippen LogP contribution in [0.5, 0.6) is 0 Å². The average molecular weight is 362 g/mol. The predicted octanol–water partition coefficient (Wildman–Crippen LogP) is 3.17. The highest BCUT2D eigenvalue weighted by Crippen LogP contribution is 2.11. The molecular formula is C21H26N6. The highest BCUT2D eigenvalue weighted by atomic mass is 15.3. The molecule has 0 aliphatic carbocycles. The fraction of sp³-hybridized carbons (Fsp3) is 0.286. The quantitative estimate of drug-likeness (QED) is 0.540. The van der Waals surface area contributed by atoms with Gasteiger partial charge in [0.2, 0.25) is 0 Å². The maximum atomic E-state index is 4.78. The Bertz CT molecular complexity index is 884. The molecule has 0 aliphatic heterocycles. The van der Waals surface area contributed by atoms with Crippen LogP contribution < -0.4 is 5.32 Å². The minimum atomic E-state index is 0.454. The van der Waals surface area contributed by atoms with Crippen LogP contribution in [0.2, 0.25) is 0 Å². The number of benzene rings is 2. The van der Waals surface area contributed by atoms with Gasteiger partial charge in [-0.3, -0.25) is 4.57 Å². The Balaban J connectivity index is 1.77. The smallest absolute Gasteiger partial charge is 0.194 e. The zero-order valence-electron chi connectivity index (χ0n) is 16.1. The van der Waals surface area contributed by atoms with Gasteiger partial charge in [0.1, 0.15) is 12.9 Å². The summed E-state index contributed by atoms with van der Waals surface area (Å²) in [6.07, 6.45) is 1.73. The summed E-state index contributed by atoms with van der Waals surface area (Å²) in [4.78, 5) is 6.91. The number of aryl methyl sites for hydroxylation is 1. The van der Waals surface area contributed by atoms with E-state index in [-0.39, 0.29) is 0 Å². The fourth-order valence-electron chi connectivity index (χ4n) is 2.90. The summed E-state index contributed by atoms with van der Waals surface area (Å²) >= 11 is 0. The van der Waals surface area contributed by atoms with E-state index in [4.69, 9.17) is 4.99 Å². The minimum absolute atomic E-state index is 0.454. The lowest BCUT2D eigenvalue weighted by molar-refractivity contribution is 0.475. The van der Waals surface area contributed by atoms with E-state index < -0.39 is 0 Å². The largest absolute Gasteiger partial charge is 0.357 e. The zero-order chi connectivity index (χ0) is 19.1. The third-order valence-corrected chi connectivity index (χ3v) is 4.39. The Morgan fingerprint density at radius 2 is 1.85 bits per heavy atom. The molecule has 0 saturated heterocycles. The van der Waals surface area contributed by atoms with Gasteiger partial charge in [0.25, 0.3) is 0 Å². The third kappa shape index (κ3) is 4.73. The van der Waals surface area contributed by atoms with E-state index in [1.54, 1.807) is 6.33 Å². The number of guanidine groups is 1. The minimum Gasteiger partial charge on any atom is -0.357 e. The molecular weight excluding hydrogens is 336 g/mol. The summed E-state index contributed by atoms with van der Waals surface area (Å²) < 4.78 is 1.97. The molecule has 1 aromatic heterocycles. The van der Waals surface area contributed by atoms with E-state index in [2.05, 4.69) is 65.6 Å². The summed E-state index contributed by atoms with van der Waals surface area (Å²) in [7, 11) is 2.05. The van der Waals surface area contributed by atoms with Gasteiger partial charge >= 0.3 is 0 Å². The second-order valence-electron chi connectivity index (χ2n) is 6.41. The highest BCUT2D eigenvalue weighted by Gasteiger charge is 2.10. The number of para-hydroxylation sites is 1. The maximum Gasteiger partial charge on any atom is 0.194 e. The molecule has 6 nitrogen and oxygen atoms in total. The van der Waals surface area contributed by atoms with Crippen LogP contribution in [0.4, 0.5) is 0 Å². The van der Waals surface area contributed by atoms with Crippen molar-refractivity contribution < 1.29 is 0 Å². The summed E-state index contributed by atoms with van der Waals surface area (Å²) in [6, 6.07) is 18.5. The molecule has 0 spiro atoms. The molecule has 0 fully saturated rings. The predicted molar refractivity (Wildman–Crippen MR) is 109 cm³/mol. The normalized spacial score (nSPS) is 11.4. The molecule has 3 aromatic rings. The lowest BCUT2D eigenvalue weighted by Crippen LogP contribution is -2.38. The second kappa shape index (κ2) is 8.98. The molecule has 27 heavy (non-hydrogen) atoms. The Kier molecular flexibility index (Phi) is 6.20. The summed E-state index contributed by atoms with van der Waals surface area (Å²) in [5.74, 6) is 1.66. The summed E-state index contributed by atoms with van der Waals surface area (Å²) in [5, 5.41) is 11.7. The lowest BCUT2D eigenvalue weighted by atomic mass is 10.1. The van der Waals surface area contributed by atoms with Crippen LogP contribution in [-0.4, -0.2) is 39.2 Å². The van der Waals surface area contributed by atoms with Crippen molar-refractivity contribution in [1.82, 2.24) is 25.0 Å². The van der Waals surface area contributed by atoms with Gasteiger partial charge in [0.05, 0.1) is 0 Å². The molecule has 2 aromatic carbocycles. The zero-order valence-corrected chi connectivity index (χ0v) is 16.1. The van der Waals surface area contributed by atoms with Gasteiger partial charge in [-0.1, -0.05) is 42.5 Å². The van der Waals surface area contributed by atoms with Gasteiger partial charge in [0.15, 0.2) is 11.8 Å². The third-order valence-electron chi connectivity index (χ3n) is 4.39. The van der Waals surface area contributed by atoms with Crippen LogP contribution in [0, 0.1) is 6.92 Å². The number of aromatic nitrogens is 3. The highest BCUT2D eigenvalue weighted by molar-refractivity contribution is 5.79. The van der Waals surface area contributed by atoms with Crippen molar-refractivity contribution in [2.45, 2.75) is 26.9 Å². The first-order chi connectivity index (χ1) is 13.2. The first kappa shape index (κ1) is 18.6. The molecule has 0 saturated carbocycles. The van der Waals surface area contributed by atoms with Crippen LogP contribution in [0.1, 0.15) is 23.9 Å². The van der Waals surface area contributed by atoms with Crippen molar-refractivity contribution in [3.63, 3.8) is 0 Å². The molecule has 0 unspecified atom stereocenters. The van der Waals surface area contributed by atoms with E-state index in [1.807, 2.05) is 34.9 Å². The van der Waals surface area contributed by atoms with Crippen molar-refractivity contribution in [3.05, 3.63) is 77.9 Å². The molecule has 0 aliphatic rings. The molecule has 1 heterocycles. The lowest BCUT2D eigenvalue weighted by Gasteiger charge is -2.23. The number of hydrogen-bond acceptors (Lipinski definition) is 3. The van der Waals surface area contributed by atoms with E-state index in [1.165, 1.54) is 11.1 Å². The van der Waals surface area contributed by atoms with Crippen LogP contribution >= 0.6 is 0 Å². The van der Waals surface area contributed by atoms with E-state index in [9.17, 15) is 0 Å². The Morgan fingerprint density at radius 1 is 1.11 bits per heavy atom. The van der Waals surface area contributed by atoms with Crippen molar-refractivity contribution in [2.24, 2.45) is 4.99 Å². The molecule has 0 radical (unpaired) electrons. The molecule has 0 atom stereocenters. The van der Waals surface area contributed by atoms with Gasteiger partial charge in [-0.05, 0) is 37.1 Å². The van der Waals surface area contributed by atoms with Gasteiger partial charge in [-0.15, -0.1) is 10.2 Å². The number of rotatable bonds is 6. The molecule has 1 N–H and O–H groups in total. The fourth-order valence-corrected chi connectivity index (χ4v) is 2.90. The summed E-state index contributed by atoms with van der Waals surface area (Å²) in [5.41, 5.74) is 3.60. The number of nitrogens with zero attached hydrogens (tertiary/aromatic N) is 5. The van der Waals surface area contributed by atoms with Crippen molar-refractivity contribution in [3.8, 4) is 5.69 Å². The standard InChI is InChI=1S/C21H26N6/c1-4-22-21(26(3)15-18-11-9-8-10-17(18)2)23-14-20-25-24-16-27(20)19-12-6-5-7-13-19/h5-13,16H,4,14-15H2,1-3H3,(H,22,23). The van der Waals surface area contributed by atoms with Crippen molar-refractivity contribution >= 4 is 5.96 Å². The van der Waals surface area contributed by atoms with Gasteiger partial charge in [-0.2, -0.15) is 0 Å². The topological polar surface area (TPSA) is 58.3 Å². The first-order valence-corrected chi connectivity index (χ1v) is 9.17. The molecule has 0 bridgehead atoms. The molecule has 6 heteroatoms. The van der Waals surface area contributed by atoms with Crippen molar-refractivity contribution in [2.75, 3.05) is 13.6 Å². The SMILES string of the molecule is CCNC(=NCc1nncn1-c1ccccc1)N(C)Cc1ccccc1C. The van der Waals surface area contributed by atoms with Crippen molar-refractivity contribution in [1.29, 1.82) is 0 Å². The summed E-state index contributed by atoms with van der Waals surface area (Å²) in [6.45, 7) is 6.26. The van der Waals surface area contributed by atoms with Crippen LogP contribution in [0.3, 0.4) is 0 Å². The van der Waals surface area contributed by atoms with Gasteiger partial charge in [-0.25, -0.2) is 4.99 Å². The van der Waals surface area contributed by atoms with Gasteiger partial charge < -0.3 is 10.2 Å². The van der Waals surface area contributed by atoms with Crippen LogP contribution in [0.15, 0.2) is 65.9 Å². The van der Waals surface area contributed by atoms with Crippen LogP contribution in [0.25, 0.3) is 5.69 Å². The van der Waals surface area contributed by atoms with E-state index in [0.717, 1.165) is 30.6 Å². The number of hydrogen-bond donors (Lipinski definition) is 1. The average Bonchev–Trinajstić information content (AvgIpc) is 3.16. The molecule has 0 amide bonds. The second-order valence-corrected chi connectivity index (χ2v) is 6.41. The maximum absolute atomic E-state index is 4.78. The van der Waals surface area contributed by atoms with Crippen LogP contribution in [-0.2, 0) is 13.1 Å².